The van der Waals surface area contributed by atoms with Gasteiger partial charge in [-0.3, -0.25) is 9.44 Å². The minimum Gasteiger partial charge on any atom is -0.280 e. The molecule has 3 rings (SSSR count). The first kappa shape index (κ1) is 23.8. The number of sulfonamides is 2. The van der Waals surface area contributed by atoms with Crippen LogP contribution in [0, 0.1) is 12.7 Å². The van der Waals surface area contributed by atoms with E-state index in [4.69, 9.17) is 23.2 Å². The first-order valence-corrected chi connectivity index (χ1v) is 13.0. The van der Waals surface area contributed by atoms with Gasteiger partial charge in [-0.15, -0.1) is 0 Å². The molecule has 0 fully saturated rings. The fraction of sp³-hybridized carbons (Fsp3) is 0.0526. The molecule has 0 amide bonds. The standard InChI is InChI=1S/C19H14BrCl2FN2O4S2/c1-11-6-18(23)17(20)10-19(11)25-30(26,27)15-4-2-14(3-5-15)24-31(28,29)16-8-12(21)7-13(22)9-16/h2-10,24-25H,1H3. The lowest BCUT2D eigenvalue weighted by Gasteiger charge is -2.13. The van der Waals surface area contributed by atoms with Gasteiger partial charge in [0.2, 0.25) is 0 Å². The first-order chi connectivity index (χ1) is 14.4. The Labute approximate surface area is 197 Å². The molecule has 0 aromatic heterocycles. The Morgan fingerprint density at radius 2 is 1.35 bits per heavy atom. The van der Waals surface area contributed by atoms with E-state index in [1.807, 2.05) is 0 Å². The molecule has 2 N–H and O–H groups in total. The van der Waals surface area contributed by atoms with Crippen molar-refractivity contribution < 1.29 is 21.2 Å². The van der Waals surface area contributed by atoms with E-state index >= 15 is 0 Å². The van der Waals surface area contributed by atoms with Crippen molar-refractivity contribution in [2.75, 3.05) is 9.44 Å². The van der Waals surface area contributed by atoms with E-state index in [0.717, 1.165) is 0 Å². The minimum atomic E-state index is -3.99. The quantitative estimate of drug-likeness (QED) is 0.393. The summed E-state index contributed by atoms with van der Waals surface area (Å²) in [6.45, 7) is 1.56. The zero-order valence-corrected chi connectivity index (χ0v) is 20.4. The van der Waals surface area contributed by atoms with Gasteiger partial charge in [-0.2, -0.15) is 0 Å². The molecule has 3 aromatic rings. The lowest BCUT2D eigenvalue weighted by molar-refractivity contribution is 0.600. The van der Waals surface area contributed by atoms with Gasteiger partial charge in [0.1, 0.15) is 5.82 Å². The molecule has 0 aliphatic heterocycles. The molecule has 0 saturated heterocycles. The van der Waals surface area contributed by atoms with E-state index in [-0.39, 0.29) is 35.7 Å². The third-order valence-corrected chi connectivity index (χ3v) is 7.86. The normalized spacial score (nSPS) is 11.9. The van der Waals surface area contributed by atoms with Crippen LogP contribution >= 0.6 is 39.1 Å². The SMILES string of the molecule is Cc1cc(F)c(Br)cc1NS(=O)(=O)c1ccc(NS(=O)(=O)c2cc(Cl)cc(Cl)c2)cc1. The van der Waals surface area contributed by atoms with Gasteiger partial charge in [0.05, 0.1) is 20.0 Å². The lowest BCUT2D eigenvalue weighted by atomic mass is 10.2. The highest BCUT2D eigenvalue weighted by Gasteiger charge is 2.19. The van der Waals surface area contributed by atoms with Crippen LogP contribution in [-0.2, 0) is 20.0 Å². The molecule has 6 nitrogen and oxygen atoms in total. The summed E-state index contributed by atoms with van der Waals surface area (Å²) < 4.78 is 68.8. The molecule has 0 atom stereocenters. The monoisotopic (exact) mass is 566 g/mol. The van der Waals surface area contributed by atoms with Crippen LogP contribution < -0.4 is 9.44 Å². The first-order valence-electron chi connectivity index (χ1n) is 8.45. The molecular formula is C19H14BrCl2FN2O4S2. The van der Waals surface area contributed by atoms with Crippen molar-refractivity contribution in [1.82, 2.24) is 0 Å². The van der Waals surface area contributed by atoms with E-state index in [0.29, 0.717) is 5.56 Å². The highest BCUT2D eigenvalue weighted by Crippen LogP contribution is 2.28. The Balaban J connectivity index is 1.83. The number of rotatable bonds is 6. The van der Waals surface area contributed by atoms with E-state index in [2.05, 4.69) is 25.4 Å². The maximum absolute atomic E-state index is 13.6. The van der Waals surface area contributed by atoms with Crippen molar-refractivity contribution in [1.29, 1.82) is 0 Å². The number of benzene rings is 3. The van der Waals surface area contributed by atoms with Crippen molar-refractivity contribution in [2.24, 2.45) is 0 Å². The summed E-state index contributed by atoms with van der Waals surface area (Å²) in [4.78, 5) is -0.248. The third kappa shape index (κ3) is 5.69. The predicted octanol–water partition coefficient (Wildman–Crippen LogP) is 5.81. The van der Waals surface area contributed by atoms with Gasteiger partial charge in [0, 0.05) is 15.7 Å². The van der Waals surface area contributed by atoms with Crippen LogP contribution in [0.5, 0.6) is 0 Å². The summed E-state index contributed by atoms with van der Waals surface area (Å²) in [5.41, 5.74) is 0.737. The van der Waals surface area contributed by atoms with Crippen LogP contribution in [0.1, 0.15) is 5.56 Å². The minimum absolute atomic E-state index is 0.110. The van der Waals surface area contributed by atoms with E-state index in [1.165, 1.54) is 54.6 Å². The molecule has 0 bridgehead atoms. The Hall–Kier alpha value is -1.85. The maximum atomic E-state index is 13.6. The smallest absolute Gasteiger partial charge is 0.261 e. The van der Waals surface area contributed by atoms with E-state index in [9.17, 15) is 21.2 Å². The Bertz CT molecular complexity index is 1350. The molecule has 31 heavy (non-hydrogen) atoms. The zero-order valence-electron chi connectivity index (χ0n) is 15.7. The van der Waals surface area contributed by atoms with Crippen LogP contribution in [0.3, 0.4) is 0 Å². The van der Waals surface area contributed by atoms with Crippen molar-refractivity contribution in [3.8, 4) is 0 Å². The zero-order chi connectivity index (χ0) is 23.0. The van der Waals surface area contributed by atoms with Gasteiger partial charge in [-0.25, -0.2) is 21.2 Å². The summed E-state index contributed by atoms with van der Waals surface area (Å²) >= 11 is 14.7. The summed E-state index contributed by atoms with van der Waals surface area (Å²) in [6, 6.07) is 11.5. The highest BCUT2D eigenvalue weighted by atomic mass is 79.9. The van der Waals surface area contributed by atoms with Gasteiger partial charge in [-0.1, -0.05) is 23.2 Å². The van der Waals surface area contributed by atoms with Gasteiger partial charge in [0.15, 0.2) is 0 Å². The van der Waals surface area contributed by atoms with Crippen molar-refractivity contribution in [3.63, 3.8) is 0 Å². The Morgan fingerprint density at radius 3 is 1.94 bits per heavy atom. The number of hydrogen-bond donors (Lipinski definition) is 2. The van der Waals surface area contributed by atoms with Crippen LogP contribution in [0.4, 0.5) is 15.8 Å². The topological polar surface area (TPSA) is 92.3 Å². The average Bonchev–Trinajstić information content (AvgIpc) is 2.65. The fourth-order valence-corrected chi connectivity index (χ4v) is 5.81. The molecule has 0 saturated carbocycles. The van der Waals surface area contributed by atoms with Gasteiger partial charge in [-0.05, 0) is 83.0 Å². The largest absolute Gasteiger partial charge is 0.280 e. The molecular weight excluding hydrogens is 554 g/mol. The molecule has 12 heteroatoms. The van der Waals surface area contributed by atoms with Crippen molar-refractivity contribution >= 4 is 70.6 Å². The molecule has 0 unspecified atom stereocenters. The predicted molar refractivity (Wildman–Crippen MR) is 123 cm³/mol. The number of aryl methyl sites for hydroxylation is 1. The second-order valence-corrected chi connectivity index (χ2v) is 11.5. The van der Waals surface area contributed by atoms with Crippen molar-refractivity contribution in [3.05, 3.63) is 80.5 Å². The van der Waals surface area contributed by atoms with Gasteiger partial charge >= 0.3 is 0 Å². The fourth-order valence-electron chi connectivity index (χ4n) is 2.56. The van der Waals surface area contributed by atoms with Gasteiger partial charge < -0.3 is 0 Å². The number of hydrogen-bond acceptors (Lipinski definition) is 4. The number of anilines is 2. The third-order valence-electron chi connectivity index (χ3n) is 4.07. The summed E-state index contributed by atoms with van der Waals surface area (Å²) in [5, 5.41) is 0.311. The second-order valence-electron chi connectivity index (χ2n) is 6.42. The second kappa shape index (κ2) is 8.95. The molecule has 0 aliphatic carbocycles. The molecule has 0 radical (unpaired) electrons. The maximum Gasteiger partial charge on any atom is 0.261 e. The van der Waals surface area contributed by atoms with Crippen molar-refractivity contribution in [2.45, 2.75) is 16.7 Å². The molecule has 164 valence electrons. The highest BCUT2D eigenvalue weighted by molar-refractivity contribution is 9.10. The summed E-state index contributed by atoms with van der Waals surface area (Å²) in [5.74, 6) is -0.516. The molecule has 0 spiro atoms. The van der Waals surface area contributed by atoms with Gasteiger partial charge in [0.25, 0.3) is 20.0 Å². The molecule has 0 aliphatic rings. The number of halogens is 4. The van der Waals surface area contributed by atoms with Crippen LogP contribution in [-0.4, -0.2) is 16.8 Å². The Kier molecular flexibility index (Phi) is 6.87. The lowest BCUT2D eigenvalue weighted by Crippen LogP contribution is -2.15. The Morgan fingerprint density at radius 1 is 0.806 bits per heavy atom. The summed E-state index contributed by atoms with van der Waals surface area (Å²) in [6.07, 6.45) is 0. The molecule has 3 aromatic carbocycles. The van der Waals surface area contributed by atoms with E-state index in [1.54, 1.807) is 6.92 Å². The van der Waals surface area contributed by atoms with Crippen LogP contribution in [0.15, 0.2) is 68.9 Å². The number of nitrogens with one attached hydrogen (secondary N) is 2. The van der Waals surface area contributed by atoms with Crippen LogP contribution in [0.25, 0.3) is 0 Å². The van der Waals surface area contributed by atoms with E-state index < -0.39 is 25.9 Å². The molecule has 0 heterocycles. The van der Waals surface area contributed by atoms with Crippen LogP contribution in [0.2, 0.25) is 10.0 Å². The average molecular weight is 568 g/mol. The summed E-state index contributed by atoms with van der Waals surface area (Å²) in [7, 11) is -7.99.